The minimum absolute atomic E-state index is 0.0376. The highest BCUT2D eigenvalue weighted by atomic mass is 28.3. The van der Waals surface area contributed by atoms with Crippen molar-refractivity contribution < 1.29 is 4.74 Å². The van der Waals surface area contributed by atoms with Crippen molar-refractivity contribution in [3.63, 3.8) is 0 Å². The topological polar surface area (TPSA) is 33.1 Å². The van der Waals surface area contributed by atoms with Crippen LogP contribution < -0.4 is 19.1 Å². The summed E-state index contributed by atoms with van der Waals surface area (Å²) in [6.45, 7) is 27.8. The van der Waals surface area contributed by atoms with Crippen LogP contribution in [0, 0.1) is 0 Å². The van der Waals surface area contributed by atoms with Crippen LogP contribution in [0.15, 0.2) is 170 Å². The minimum Gasteiger partial charge on any atom is -0.457 e. The Labute approximate surface area is 409 Å². The van der Waals surface area contributed by atoms with Gasteiger partial charge in [-0.25, -0.2) is 4.98 Å². The van der Waals surface area contributed by atoms with Gasteiger partial charge in [-0.15, -0.1) is 0 Å². The molecule has 0 saturated carbocycles. The molecule has 0 atom stereocenters. The highest BCUT2D eigenvalue weighted by molar-refractivity contribution is 6.88. The van der Waals surface area contributed by atoms with Crippen LogP contribution in [0.4, 0.5) is 22.7 Å². The summed E-state index contributed by atoms with van der Waals surface area (Å²) in [5, 5.41) is 3.74. The van der Waals surface area contributed by atoms with E-state index in [0.717, 1.165) is 56.5 Å². The first-order valence-electron chi connectivity index (χ1n) is 24.4. The lowest BCUT2D eigenvalue weighted by Crippen LogP contribution is -2.37. The number of nitrogens with zero attached hydrogens (tertiary/aromatic N) is 4. The molecule has 0 fully saturated rings. The molecule has 0 amide bonds. The van der Waals surface area contributed by atoms with Crippen LogP contribution in [0.2, 0.25) is 19.6 Å². The van der Waals surface area contributed by atoms with E-state index in [0.29, 0.717) is 0 Å². The summed E-state index contributed by atoms with van der Waals surface area (Å²) in [4.78, 5) is 4.97. The summed E-state index contributed by atoms with van der Waals surface area (Å²) in [6.07, 6.45) is 1.93. The minimum atomic E-state index is -1.59. The van der Waals surface area contributed by atoms with Gasteiger partial charge in [0.1, 0.15) is 17.3 Å². The Kier molecular flexibility index (Phi) is 11.1. The normalized spacial score (nSPS) is 13.2. The molecule has 69 heavy (non-hydrogen) atoms. The number of para-hydroxylation sites is 1. The maximum absolute atomic E-state index is 6.89. The van der Waals surface area contributed by atoms with E-state index in [-0.39, 0.29) is 16.2 Å². The maximum atomic E-state index is 6.89. The Balaban J connectivity index is 1.12. The van der Waals surface area contributed by atoms with Crippen LogP contribution in [-0.4, -0.2) is 23.6 Å². The molecular weight excluding hydrogens is 857 g/mol. The molecule has 0 unspecified atom stereocenters. The van der Waals surface area contributed by atoms with E-state index in [2.05, 4.69) is 259 Å². The molecule has 10 rings (SSSR count). The Morgan fingerprint density at radius 3 is 1.88 bits per heavy atom. The molecule has 6 heteroatoms. The summed E-state index contributed by atoms with van der Waals surface area (Å²) in [7, 11) is -1.59. The molecule has 5 nitrogen and oxygen atoms in total. The van der Waals surface area contributed by atoms with Crippen molar-refractivity contribution in [2.24, 2.45) is 0 Å². The molecule has 0 radical (unpaired) electrons. The van der Waals surface area contributed by atoms with Crippen molar-refractivity contribution in [1.29, 1.82) is 0 Å². The molecule has 1 aliphatic heterocycles. The van der Waals surface area contributed by atoms with Gasteiger partial charge in [0.05, 0.1) is 30.7 Å². The number of pyridine rings is 1. The number of aromatic nitrogens is 2. The van der Waals surface area contributed by atoms with Crippen molar-refractivity contribution in [1.82, 2.24) is 18.7 Å². The third-order valence-electron chi connectivity index (χ3n) is 13.6. The van der Waals surface area contributed by atoms with E-state index in [9.17, 15) is 0 Å². The third-order valence-corrected chi connectivity index (χ3v) is 15.7. The zero-order chi connectivity index (χ0) is 48.6. The quantitative estimate of drug-likeness (QED) is 0.112. The molecule has 9 aromatic rings. The van der Waals surface area contributed by atoms with Crippen LogP contribution in [0.25, 0.3) is 49.9 Å². The van der Waals surface area contributed by atoms with Gasteiger partial charge in [0.2, 0.25) is 11.4 Å². The lowest BCUT2D eigenvalue weighted by atomic mass is 9.80. The lowest BCUT2D eigenvalue weighted by Gasteiger charge is -2.24. The fourth-order valence-corrected chi connectivity index (χ4v) is 10.7. The predicted octanol–water partition coefficient (Wildman–Crippen LogP) is 16.6. The molecule has 0 bridgehead atoms. The van der Waals surface area contributed by atoms with Gasteiger partial charge >= 0.3 is 11.7 Å². The molecule has 1 aliphatic rings. The highest BCUT2D eigenvalue weighted by Gasteiger charge is 2.41. The molecular formula is C63H64N4OSi+2. The van der Waals surface area contributed by atoms with E-state index >= 15 is 0 Å². The lowest BCUT2D eigenvalue weighted by molar-refractivity contribution is 0.483. The molecule has 2 aromatic heterocycles. The van der Waals surface area contributed by atoms with Crippen LogP contribution in [0.3, 0.4) is 0 Å². The van der Waals surface area contributed by atoms with Crippen molar-refractivity contribution in [2.45, 2.75) is 98.2 Å². The Morgan fingerprint density at radius 1 is 0.493 bits per heavy atom. The second kappa shape index (κ2) is 16.8. The van der Waals surface area contributed by atoms with Crippen molar-refractivity contribution in [3.8, 4) is 39.6 Å². The number of rotatable bonds is 8. The van der Waals surface area contributed by atoms with Gasteiger partial charge in [0, 0.05) is 47.3 Å². The smallest absolute Gasteiger partial charge is 0.457 e. The zero-order valence-corrected chi connectivity index (χ0v) is 43.4. The summed E-state index contributed by atoms with van der Waals surface area (Å²) in [5.41, 5.74) is 14.8. The Morgan fingerprint density at radius 2 is 1.17 bits per heavy atom. The SMILES string of the molecule is CC(C)(C)c1cc([N+]2=C=[N+](c3cccc(Oc4ccc5c6cc(-c7ccccc7)ccc6n(-c6cc(C(C)(C)C)ccn6)c5c4)c3)c3cccc(-c4cccc([Si](C)(C)C)c4)c32)cc(C(C)(C)C)c1. The molecule has 0 spiro atoms. The number of ether oxygens (including phenoxy) is 1. The average molecular weight is 921 g/mol. The molecule has 0 aliphatic carbocycles. The average Bonchev–Trinajstić information content (AvgIpc) is 3.87. The summed E-state index contributed by atoms with van der Waals surface area (Å²) in [5.74, 6) is 2.36. The Hall–Kier alpha value is -7.11. The van der Waals surface area contributed by atoms with Crippen molar-refractivity contribution >= 4 is 63.8 Å². The molecule has 344 valence electrons. The monoisotopic (exact) mass is 920 g/mol. The van der Waals surface area contributed by atoms with E-state index < -0.39 is 8.07 Å². The number of hydrogen-bond acceptors (Lipinski definition) is 2. The van der Waals surface area contributed by atoms with Gasteiger partial charge < -0.3 is 4.74 Å². The van der Waals surface area contributed by atoms with Gasteiger partial charge in [-0.05, 0) is 107 Å². The molecule has 7 aromatic carbocycles. The zero-order valence-electron chi connectivity index (χ0n) is 42.4. The second-order valence-corrected chi connectivity index (χ2v) is 28.0. The van der Waals surface area contributed by atoms with Gasteiger partial charge in [-0.3, -0.25) is 4.57 Å². The van der Waals surface area contributed by atoms with Gasteiger partial charge in [0.25, 0.3) is 5.69 Å². The van der Waals surface area contributed by atoms with Crippen LogP contribution in [-0.2, 0) is 16.2 Å². The fourth-order valence-electron chi connectivity index (χ4n) is 9.48. The second-order valence-electron chi connectivity index (χ2n) is 22.9. The summed E-state index contributed by atoms with van der Waals surface area (Å²) in [6, 6.07) is 63.4. The van der Waals surface area contributed by atoms with E-state index in [1.54, 1.807) is 0 Å². The molecule has 0 saturated heterocycles. The van der Waals surface area contributed by atoms with E-state index in [1.165, 1.54) is 49.5 Å². The number of hydrogen-bond donors (Lipinski definition) is 0. The predicted molar refractivity (Wildman–Crippen MR) is 296 cm³/mol. The first kappa shape index (κ1) is 45.7. The first-order valence-corrected chi connectivity index (χ1v) is 27.9. The van der Waals surface area contributed by atoms with E-state index in [1.807, 2.05) is 12.3 Å². The third kappa shape index (κ3) is 8.80. The highest BCUT2D eigenvalue weighted by Crippen LogP contribution is 2.45. The van der Waals surface area contributed by atoms with Crippen molar-refractivity contribution in [3.05, 3.63) is 187 Å². The molecule has 3 heterocycles. The summed E-state index contributed by atoms with van der Waals surface area (Å²) >= 11 is 0. The van der Waals surface area contributed by atoms with E-state index in [4.69, 9.17) is 9.72 Å². The number of benzene rings is 7. The molecule has 0 N–H and O–H groups in total. The summed E-state index contributed by atoms with van der Waals surface area (Å²) < 4.78 is 13.7. The largest absolute Gasteiger partial charge is 0.503 e. The van der Waals surface area contributed by atoms with Crippen LogP contribution in [0.1, 0.15) is 79.0 Å². The standard InChI is InChI=1S/C63H64N4OSi/c1-61(2,3)45-31-32-64-59(38-45)67-56-30-27-43(42-19-14-13-15-20-42)34-55(56)54-29-28-51(40-58(54)67)68-50-23-17-22-48(39-50)65-41-66(49-36-46(62(4,5)6)35-47(37-49)63(7,8)9)60-53(25-18-26-57(60)65)44-21-16-24-52(33-44)69(10,11)12/h13-40H,1-12H3/q+2. The van der Waals surface area contributed by atoms with Crippen LogP contribution in [0.5, 0.6) is 11.5 Å². The number of fused-ring (bicyclic) bond motifs is 4. The Bertz CT molecular complexity index is 3510. The van der Waals surface area contributed by atoms with Crippen molar-refractivity contribution in [2.75, 3.05) is 0 Å². The van der Waals surface area contributed by atoms with Gasteiger partial charge in [-0.2, -0.15) is 0 Å². The first-order chi connectivity index (χ1) is 32.7. The van der Waals surface area contributed by atoms with Gasteiger partial charge in [0.15, 0.2) is 0 Å². The van der Waals surface area contributed by atoms with Gasteiger partial charge in [-0.1, -0.05) is 166 Å². The fraction of sp³-hybridized carbons (Fsp3) is 0.238. The van der Waals surface area contributed by atoms with Crippen LogP contribution >= 0.6 is 0 Å². The maximum Gasteiger partial charge on any atom is 0.503 e.